The standard InChI is InChI=1S/C12H16FNO/c13-10-4-6-11(7-5-10)14-9-12-3-1-2-8-15-12/h4-7,12,14H,1-3,8-9H2. The van der Waals surface area contributed by atoms with Crippen LogP contribution in [0.15, 0.2) is 24.3 Å². The summed E-state index contributed by atoms with van der Waals surface area (Å²) in [5.41, 5.74) is 0.950. The van der Waals surface area contributed by atoms with Gasteiger partial charge in [-0.25, -0.2) is 4.39 Å². The van der Waals surface area contributed by atoms with Gasteiger partial charge in [0.1, 0.15) is 5.82 Å². The Morgan fingerprint density at radius 2 is 2.07 bits per heavy atom. The second kappa shape index (κ2) is 5.12. The lowest BCUT2D eigenvalue weighted by atomic mass is 10.1. The lowest BCUT2D eigenvalue weighted by Crippen LogP contribution is -2.26. The van der Waals surface area contributed by atoms with Crippen molar-refractivity contribution in [3.05, 3.63) is 30.1 Å². The van der Waals surface area contributed by atoms with Gasteiger partial charge >= 0.3 is 0 Å². The zero-order valence-corrected chi connectivity index (χ0v) is 8.71. The number of hydrogen-bond acceptors (Lipinski definition) is 2. The molecule has 1 fully saturated rings. The maximum Gasteiger partial charge on any atom is 0.123 e. The maximum atomic E-state index is 12.6. The smallest absolute Gasteiger partial charge is 0.123 e. The molecule has 1 aliphatic heterocycles. The molecule has 2 nitrogen and oxygen atoms in total. The van der Waals surface area contributed by atoms with Crippen LogP contribution < -0.4 is 5.32 Å². The fraction of sp³-hybridized carbons (Fsp3) is 0.500. The molecule has 0 bridgehead atoms. The minimum absolute atomic E-state index is 0.200. The summed E-state index contributed by atoms with van der Waals surface area (Å²) in [6.45, 7) is 1.68. The van der Waals surface area contributed by atoms with E-state index >= 15 is 0 Å². The van der Waals surface area contributed by atoms with Crippen molar-refractivity contribution < 1.29 is 9.13 Å². The van der Waals surface area contributed by atoms with Crippen molar-refractivity contribution in [2.24, 2.45) is 0 Å². The van der Waals surface area contributed by atoms with E-state index in [4.69, 9.17) is 4.74 Å². The average Bonchev–Trinajstić information content (AvgIpc) is 2.30. The van der Waals surface area contributed by atoms with Gasteiger partial charge in [-0.05, 0) is 43.5 Å². The third kappa shape index (κ3) is 3.20. The first-order valence-corrected chi connectivity index (χ1v) is 5.45. The van der Waals surface area contributed by atoms with E-state index in [0.717, 1.165) is 25.3 Å². The van der Waals surface area contributed by atoms with Crippen LogP contribution in [-0.4, -0.2) is 19.3 Å². The Hall–Kier alpha value is -1.09. The van der Waals surface area contributed by atoms with Crippen LogP contribution in [0.25, 0.3) is 0 Å². The van der Waals surface area contributed by atoms with E-state index in [1.54, 1.807) is 12.1 Å². The molecule has 0 amide bonds. The summed E-state index contributed by atoms with van der Waals surface area (Å²) >= 11 is 0. The van der Waals surface area contributed by atoms with Crippen LogP contribution in [0, 0.1) is 5.82 Å². The summed E-state index contributed by atoms with van der Waals surface area (Å²) < 4.78 is 18.2. The zero-order valence-electron chi connectivity index (χ0n) is 8.71. The molecule has 1 aliphatic rings. The lowest BCUT2D eigenvalue weighted by Gasteiger charge is -2.23. The number of rotatable bonds is 3. The highest BCUT2D eigenvalue weighted by molar-refractivity contribution is 5.42. The molecule has 1 aromatic carbocycles. The highest BCUT2D eigenvalue weighted by Crippen LogP contribution is 2.14. The zero-order chi connectivity index (χ0) is 10.5. The molecule has 15 heavy (non-hydrogen) atoms. The maximum absolute atomic E-state index is 12.6. The van der Waals surface area contributed by atoms with Crippen LogP contribution in [0.1, 0.15) is 19.3 Å². The van der Waals surface area contributed by atoms with Gasteiger partial charge in [0.2, 0.25) is 0 Å². The summed E-state index contributed by atoms with van der Waals surface area (Å²) in [5, 5.41) is 3.25. The van der Waals surface area contributed by atoms with Gasteiger partial charge in [0, 0.05) is 18.8 Å². The van der Waals surface area contributed by atoms with E-state index in [2.05, 4.69) is 5.32 Å². The monoisotopic (exact) mass is 209 g/mol. The fourth-order valence-electron chi connectivity index (χ4n) is 1.77. The molecule has 0 saturated carbocycles. The number of nitrogens with one attached hydrogen (secondary N) is 1. The highest BCUT2D eigenvalue weighted by Gasteiger charge is 2.12. The third-order valence-corrected chi connectivity index (χ3v) is 2.65. The molecule has 82 valence electrons. The summed E-state index contributed by atoms with van der Waals surface area (Å²) in [4.78, 5) is 0. The van der Waals surface area contributed by atoms with Crippen LogP contribution in [0.2, 0.25) is 0 Å². The molecule has 1 unspecified atom stereocenters. The Labute approximate surface area is 89.4 Å². The predicted molar refractivity (Wildman–Crippen MR) is 58.5 cm³/mol. The summed E-state index contributed by atoms with van der Waals surface area (Å²) in [5.74, 6) is -0.200. The van der Waals surface area contributed by atoms with Crippen molar-refractivity contribution >= 4 is 5.69 Å². The molecule has 0 spiro atoms. The van der Waals surface area contributed by atoms with Gasteiger partial charge in [-0.15, -0.1) is 0 Å². The number of benzene rings is 1. The van der Waals surface area contributed by atoms with E-state index in [1.165, 1.54) is 25.0 Å². The van der Waals surface area contributed by atoms with E-state index in [9.17, 15) is 4.39 Å². The third-order valence-electron chi connectivity index (χ3n) is 2.65. The molecule has 1 saturated heterocycles. The van der Waals surface area contributed by atoms with Crippen molar-refractivity contribution in [1.82, 2.24) is 0 Å². The molecule has 0 aliphatic carbocycles. The topological polar surface area (TPSA) is 21.3 Å². The Morgan fingerprint density at radius 1 is 1.27 bits per heavy atom. The minimum atomic E-state index is -0.200. The Morgan fingerprint density at radius 3 is 2.73 bits per heavy atom. The number of anilines is 1. The van der Waals surface area contributed by atoms with Crippen molar-refractivity contribution in [2.45, 2.75) is 25.4 Å². The average molecular weight is 209 g/mol. The molecule has 0 radical (unpaired) electrons. The first-order chi connectivity index (χ1) is 7.34. The van der Waals surface area contributed by atoms with Crippen molar-refractivity contribution in [2.75, 3.05) is 18.5 Å². The van der Waals surface area contributed by atoms with Crippen LogP contribution >= 0.6 is 0 Å². The summed E-state index contributed by atoms with van der Waals surface area (Å²) in [6.07, 6.45) is 3.85. The molecule has 1 heterocycles. The minimum Gasteiger partial charge on any atom is -0.382 e. The first-order valence-electron chi connectivity index (χ1n) is 5.45. The number of halogens is 1. The Bertz CT molecular complexity index is 293. The molecule has 1 N–H and O–H groups in total. The van der Waals surface area contributed by atoms with Gasteiger partial charge in [0.15, 0.2) is 0 Å². The largest absolute Gasteiger partial charge is 0.382 e. The molecular weight excluding hydrogens is 193 g/mol. The predicted octanol–water partition coefficient (Wildman–Crippen LogP) is 2.81. The fourth-order valence-corrected chi connectivity index (χ4v) is 1.77. The number of ether oxygens (including phenoxy) is 1. The van der Waals surface area contributed by atoms with Crippen molar-refractivity contribution in [1.29, 1.82) is 0 Å². The van der Waals surface area contributed by atoms with E-state index in [1.807, 2.05) is 0 Å². The van der Waals surface area contributed by atoms with E-state index in [0.29, 0.717) is 6.10 Å². The lowest BCUT2D eigenvalue weighted by molar-refractivity contribution is 0.0247. The van der Waals surface area contributed by atoms with Crippen LogP contribution in [0.4, 0.5) is 10.1 Å². The summed E-state index contributed by atoms with van der Waals surface area (Å²) in [6, 6.07) is 6.42. The van der Waals surface area contributed by atoms with Crippen LogP contribution in [-0.2, 0) is 4.74 Å². The SMILES string of the molecule is Fc1ccc(NCC2CCCCO2)cc1. The molecular formula is C12H16FNO. The molecule has 3 heteroatoms. The van der Waals surface area contributed by atoms with Gasteiger partial charge in [-0.2, -0.15) is 0 Å². The van der Waals surface area contributed by atoms with Gasteiger partial charge in [0.05, 0.1) is 6.10 Å². The first kappa shape index (κ1) is 10.4. The van der Waals surface area contributed by atoms with E-state index in [-0.39, 0.29) is 5.82 Å². The second-order valence-corrected chi connectivity index (χ2v) is 3.88. The van der Waals surface area contributed by atoms with E-state index < -0.39 is 0 Å². The highest BCUT2D eigenvalue weighted by atomic mass is 19.1. The molecule has 1 aromatic rings. The molecule has 2 rings (SSSR count). The normalized spacial score (nSPS) is 21.3. The van der Waals surface area contributed by atoms with Gasteiger partial charge < -0.3 is 10.1 Å². The molecule has 1 atom stereocenters. The van der Waals surface area contributed by atoms with Crippen LogP contribution in [0.5, 0.6) is 0 Å². The van der Waals surface area contributed by atoms with Gasteiger partial charge in [0.25, 0.3) is 0 Å². The second-order valence-electron chi connectivity index (χ2n) is 3.88. The van der Waals surface area contributed by atoms with Gasteiger partial charge in [-0.1, -0.05) is 0 Å². The van der Waals surface area contributed by atoms with Crippen molar-refractivity contribution in [3.8, 4) is 0 Å². The quantitative estimate of drug-likeness (QED) is 0.826. The number of hydrogen-bond donors (Lipinski definition) is 1. The van der Waals surface area contributed by atoms with Crippen LogP contribution in [0.3, 0.4) is 0 Å². The Balaban J connectivity index is 1.79. The Kier molecular flexibility index (Phi) is 3.56. The van der Waals surface area contributed by atoms with Gasteiger partial charge in [-0.3, -0.25) is 0 Å². The summed E-state index contributed by atoms with van der Waals surface area (Å²) in [7, 11) is 0. The molecule has 0 aromatic heterocycles. The van der Waals surface area contributed by atoms with Crippen molar-refractivity contribution in [3.63, 3.8) is 0 Å².